The van der Waals surface area contributed by atoms with Gasteiger partial charge in [0.05, 0.1) is 5.69 Å². The zero-order valence-electron chi connectivity index (χ0n) is 26.3. The van der Waals surface area contributed by atoms with E-state index in [1.54, 1.807) is 22.7 Å². The number of urea groups is 1. The van der Waals surface area contributed by atoms with Gasteiger partial charge in [0.2, 0.25) is 5.91 Å². The van der Waals surface area contributed by atoms with Crippen molar-refractivity contribution in [3.8, 4) is 0 Å². The number of carbonyl (C=O) groups excluding carboxylic acids is 2. The molecule has 236 valence electrons. The van der Waals surface area contributed by atoms with Gasteiger partial charge in [-0.3, -0.25) is 4.79 Å². The third-order valence-electron chi connectivity index (χ3n) is 8.87. The molecule has 0 unspecified atom stereocenters. The topological polar surface area (TPSA) is 74.9 Å². The van der Waals surface area contributed by atoms with Gasteiger partial charge in [-0.1, -0.05) is 31.2 Å². The van der Waals surface area contributed by atoms with Crippen LogP contribution < -0.4 is 15.1 Å². The molecule has 1 saturated heterocycles. The Morgan fingerprint density at radius 2 is 1.78 bits per heavy atom. The lowest BCUT2D eigenvalue weighted by Crippen LogP contribution is -2.58. The molecule has 3 heterocycles. The number of hydrogen-bond donors (Lipinski definition) is 2. The van der Waals surface area contributed by atoms with Crippen molar-refractivity contribution in [1.29, 1.82) is 0 Å². The van der Waals surface area contributed by atoms with Gasteiger partial charge in [0.15, 0.2) is 0 Å². The first-order valence-electron chi connectivity index (χ1n) is 15.5. The Bertz CT molecular complexity index is 1700. The molecule has 0 saturated carbocycles. The van der Waals surface area contributed by atoms with Gasteiger partial charge in [0.1, 0.15) is 11.9 Å². The molecule has 2 aliphatic heterocycles. The standard InChI is InChI=1S/C35H41FN6O2S/c1-23-19-26(36)10-11-30(23)40-13-15-41(16-14-40)35(44)38-33(24(2)28-21-37-29-8-6-5-7-27(28)29)34(43)42-17-18-45-32-12-9-25(20-31(32)42)22-39(3)4/h5-12,19-21,24,33,37H,13-18,22H2,1-4H3,(H,38,44)/t24-,33+/m0/s1. The summed E-state index contributed by atoms with van der Waals surface area (Å²) in [5.41, 5.74) is 5.89. The highest BCUT2D eigenvalue weighted by molar-refractivity contribution is 7.99. The Kier molecular flexibility index (Phi) is 9.05. The van der Waals surface area contributed by atoms with Gasteiger partial charge < -0.3 is 29.9 Å². The summed E-state index contributed by atoms with van der Waals surface area (Å²) >= 11 is 1.76. The van der Waals surface area contributed by atoms with Crippen LogP contribution in [0.4, 0.5) is 20.6 Å². The lowest BCUT2D eigenvalue weighted by molar-refractivity contribution is -0.120. The largest absolute Gasteiger partial charge is 0.368 e. The van der Waals surface area contributed by atoms with E-state index in [0.717, 1.165) is 56.2 Å². The van der Waals surface area contributed by atoms with Gasteiger partial charge in [0, 0.05) is 78.6 Å². The average Bonchev–Trinajstić information content (AvgIpc) is 3.47. The number of aryl methyl sites for hydroxylation is 1. The zero-order valence-corrected chi connectivity index (χ0v) is 27.2. The number of aromatic amines is 1. The molecule has 3 amide bonds. The summed E-state index contributed by atoms with van der Waals surface area (Å²) in [6.45, 7) is 7.53. The molecule has 2 N–H and O–H groups in total. The minimum Gasteiger partial charge on any atom is -0.368 e. The van der Waals surface area contributed by atoms with Crippen molar-refractivity contribution in [3.05, 3.63) is 89.4 Å². The van der Waals surface area contributed by atoms with Gasteiger partial charge >= 0.3 is 6.03 Å². The maximum Gasteiger partial charge on any atom is 0.318 e. The number of para-hydroxylation sites is 1. The number of aromatic nitrogens is 1. The number of carbonyl (C=O) groups is 2. The van der Waals surface area contributed by atoms with Gasteiger partial charge in [0.25, 0.3) is 0 Å². The summed E-state index contributed by atoms with van der Waals surface area (Å²) in [4.78, 5) is 40.9. The molecule has 6 rings (SSSR count). The van der Waals surface area contributed by atoms with E-state index in [-0.39, 0.29) is 23.7 Å². The van der Waals surface area contributed by atoms with Crippen LogP contribution in [0.2, 0.25) is 0 Å². The monoisotopic (exact) mass is 628 g/mol. The van der Waals surface area contributed by atoms with Crippen LogP contribution in [0, 0.1) is 12.7 Å². The van der Waals surface area contributed by atoms with Crippen LogP contribution in [0.5, 0.6) is 0 Å². The van der Waals surface area contributed by atoms with Crippen LogP contribution in [0.15, 0.2) is 71.8 Å². The van der Waals surface area contributed by atoms with Crippen LogP contribution in [-0.2, 0) is 11.3 Å². The molecule has 4 aromatic rings. The fourth-order valence-electron chi connectivity index (χ4n) is 6.52. The minimum absolute atomic E-state index is 0.106. The fourth-order valence-corrected chi connectivity index (χ4v) is 7.50. The van der Waals surface area contributed by atoms with Crippen molar-refractivity contribution in [2.24, 2.45) is 0 Å². The lowest BCUT2D eigenvalue weighted by atomic mass is 9.91. The summed E-state index contributed by atoms with van der Waals surface area (Å²) in [5.74, 6) is 0.144. The molecule has 1 fully saturated rings. The Labute approximate surface area is 268 Å². The number of halogens is 1. The third-order valence-corrected chi connectivity index (χ3v) is 9.92. The molecule has 0 spiro atoms. The van der Waals surface area contributed by atoms with E-state index in [1.165, 1.54) is 12.1 Å². The SMILES string of the molecule is Cc1cc(F)ccc1N1CCN(C(=O)N[C@@H](C(=O)N2CCSc3ccc(CN(C)C)cc32)[C@@H](C)c2c[nH]c3ccccc23)CC1. The first-order chi connectivity index (χ1) is 21.7. The molecule has 0 radical (unpaired) electrons. The van der Waals surface area contributed by atoms with Gasteiger partial charge in [-0.25, -0.2) is 9.18 Å². The minimum atomic E-state index is -0.775. The summed E-state index contributed by atoms with van der Waals surface area (Å²) in [7, 11) is 4.07. The first-order valence-corrected chi connectivity index (χ1v) is 16.5. The Morgan fingerprint density at radius 3 is 2.53 bits per heavy atom. The number of thioether (sulfide) groups is 1. The molecule has 0 aliphatic carbocycles. The molecule has 3 aromatic carbocycles. The Hall–Kier alpha value is -4.02. The molecular formula is C35H41FN6O2S. The summed E-state index contributed by atoms with van der Waals surface area (Å²) < 4.78 is 13.7. The second kappa shape index (κ2) is 13.1. The Balaban J connectivity index is 1.26. The van der Waals surface area contributed by atoms with Crippen molar-refractivity contribution in [3.63, 3.8) is 0 Å². The highest BCUT2D eigenvalue weighted by atomic mass is 32.2. The van der Waals surface area contributed by atoms with Gasteiger partial charge in [-0.2, -0.15) is 0 Å². The van der Waals surface area contributed by atoms with Crippen LogP contribution in [-0.4, -0.2) is 85.3 Å². The van der Waals surface area contributed by atoms with E-state index in [9.17, 15) is 14.0 Å². The lowest BCUT2D eigenvalue weighted by Gasteiger charge is -2.39. The number of nitrogens with zero attached hydrogens (tertiary/aromatic N) is 4. The van der Waals surface area contributed by atoms with E-state index in [0.29, 0.717) is 32.7 Å². The number of nitrogens with one attached hydrogen (secondary N) is 2. The number of anilines is 2. The molecule has 2 atom stereocenters. The van der Waals surface area contributed by atoms with Crippen LogP contribution in [0.1, 0.15) is 29.5 Å². The summed E-state index contributed by atoms with van der Waals surface area (Å²) in [6, 6.07) is 18.2. The number of amides is 3. The zero-order chi connectivity index (χ0) is 31.7. The van der Waals surface area contributed by atoms with Crippen molar-refractivity contribution in [2.45, 2.75) is 37.2 Å². The van der Waals surface area contributed by atoms with E-state index < -0.39 is 6.04 Å². The molecule has 8 nitrogen and oxygen atoms in total. The van der Waals surface area contributed by atoms with Crippen molar-refractivity contribution in [2.75, 3.05) is 62.4 Å². The van der Waals surface area contributed by atoms with E-state index in [1.807, 2.05) is 57.2 Å². The van der Waals surface area contributed by atoms with Crippen molar-refractivity contribution in [1.82, 2.24) is 20.1 Å². The molecule has 0 bridgehead atoms. The molecule has 1 aromatic heterocycles. The van der Waals surface area contributed by atoms with Crippen LogP contribution >= 0.6 is 11.8 Å². The van der Waals surface area contributed by atoms with Crippen molar-refractivity contribution < 1.29 is 14.0 Å². The van der Waals surface area contributed by atoms with Gasteiger partial charge in [-0.05, 0) is 74.1 Å². The number of piperazine rings is 1. The van der Waals surface area contributed by atoms with Crippen LogP contribution in [0.3, 0.4) is 0 Å². The predicted octanol–water partition coefficient (Wildman–Crippen LogP) is 5.82. The van der Waals surface area contributed by atoms with E-state index in [2.05, 4.69) is 44.4 Å². The molecule has 10 heteroatoms. The maximum absolute atomic E-state index is 14.6. The predicted molar refractivity (Wildman–Crippen MR) is 181 cm³/mol. The summed E-state index contributed by atoms with van der Waals surface area (Å²) in [6.07, 6.45) is 1.96. The molecule has 45 heavy (non-hydrogen) atoms. The number of hydrogen-bond acceptors (Lipinski definition) is 5. The Morgan fingerprint density at radius 1 is 1.00 bits per heavy atom. The normalized spacial score (nSPS) is 16.5. The number of benzene rings is 3. The average molecular weight is 629 g/mol. The fraction of sp³-hybridized carbons (Fsp3) is 0.371. The second-order valence-corrected chi connectivity index (χ2v) is 13.4. The van der Waals surface area contributed by atoms with E-state index >= 15 is 0 Å². The van der Waals surface area contributed by atoms with Gasteiger partial charge in [-0.15, -0.1) is 11.8 Å². The summed E-state index contributed by atoms with van der Waals surface area (Å²) in [5, 5.41) is 4.23. The highest BCUT2D eigenvalue weighted by Gasteiger charge is 2.36. The van der Waals surface area contributed by atoms with Crippen molar-refractivity contribution >= 4 is 46.0 Å². The maximum atomic E-state index is 14.6. The molecule has 2 aliphatic rings. The highest BCUT2D eigenvalue weighted by Crippen LogP contribution is 2.37. The van der Waals surface area contributed by atoms with Crippen LogP contribution in [0.25, 0.3) is 10.9 Å². The molecular weight excluding hydrogens is 587 g/mol. The quantitative estimate of drug-likeness (QED) is 0.270. The first kappa shape index (κ1) is 31.0. The number of rotatable bonds is 7. The second-order valence-electron chi connectivity index (χ2n) is 12.3. The number of fused-ring (bicyclic) bond motifs is 2. The van der Waals surface area contributed by atoms with E-state index in [4.69, 9.17) is 0 Å². The third kappa shape index (κ3) is 6.53. The smallest absolute Gasteiger partial charge is 0.318 e. The number of H-pyrrole nitrogens is 1.